The van der Waals surface area contributed by atoms with Crippen molar-refractivity contribution in [3.8, 4) is 11.5 Å². The van der Waals surface area contributed by atoms with Gasteiger partial charge in [0.15, 0.2) is 0 Å². The number of hydrogen-bond acceptors (Lipinski definition) is 10. The molecule has 0 saturated carbocycles. The van der Waals surface area contributed by atoms with Crippen molar-refractivity contribution in [1.29, 1.82) is 0 Å². The second kappa shape index (κ2) is 20.9. The first kappa shape index (κ1) is 47.0. The minimum absolute atomic E-state index is 0.137. The van der Waals surface area contributed by atoms with Crippen LogP contribution in [0, 0.1) is 0 Å². The van der Waals surface area contributed by atoms with Crippen LogP contribution in [0.15, 0.2) is 97.1 Å². The summed E-state index contributed by atoms with van der Waals surface area (Å²) in [5.74, 6) is 3.46. The number of halogens is 2. The number of methoxy groups -OCH3 is 2. The molecule has 4 aromatic carbocycles. The van der Waals surface area contributed by atoms with E-state index in [1.54, 1.807) is 14.2 Å². The van der Waals surface area contributed by atoms with Gasteiger partial charge in [-0.1, -0.05) is 59.6 Å². The van der Waals surface area contributed by atoms with E-state index in [-0.39, 0.29) is 11.1 Å². The Kier molecular flexibility index (Phi) is 15.3. The molecule has 8 rings (SSSR count). The summed E-state index contributed by atoms with van der Waals surface area (Å²) >= 11 is 12.0. The van der Waals surface area contributed by atoms with E-state index in [0.29, 0.717) is 25.2 Å². The van der Waals surface area contributed by atoms with Crippen molar-refractivity contribution in [3.63, 3.8) is 0 Å². The van der Waals surface area contributed by atoms with Gasteiger partial charge in [-0.3, -0.25) is 0 Å². The number of nitrogens with zero attached hydrogens (tertiary/aromatic N) is 4. The summed E-state index contributed by atoms with van der Waals surface area (Å²) in [5, 5.41) is 18.2. The summed E-state index contributed by atoms with van der Waals surface area (Å²) in [6.07, 6.45) is 4.46. The maximum absolute atomic E-state index is 6.02. The fourth-order valence-electron chi connectivity index (χ4n) is 8.83. The van der Waals surface area contributed by atoms with Gasteiger partial charge in [0.05, 0.1) is 47.4 Å². The van der Waals surface area contributed by atoms with E-state index in [0.717, 1.165) is 118 Å². The largest absolute Gasteiger partial charge is 0.496 e. The predicted molar refractivity (Wildman–Crippen MR) is 270 cm³/mol. The zero-order valence-corrected chi connectivity index (χ0v) is 40.3. The van der Waals surface area contributed by atoms with E-state index in [4.69, 9.17) is 42.6 Å². The Morgan fingerprint density at radius 3 is 1.23 bits per heavy atom. The van der Waals surface area contributed by atoms with Crippen LogP contribution in [0.4, 0.5) is 23.0 Å². The highest BCUT2D eigenvalue weighted by atomic mass is 35.5. The molecule has 0 atom stereocenters. The lowest BCUT2D eigenvalue weighted by molar-refractivity contribution is 0.317. The number of piperidine rings is 2. The third-order valence-electron chi connectivity index (χ3n) is 11.7. The number of rotatable bonds is 12. The molecule has 4 N–H and O–H groups in total. The number of nitrogens with one attached hydrogen (secondary N) is 4. The number of ether oxygens (including phenoxy) is 2. The number of hydrogen-bond donors (Lipinski definition) is 4. The first-order chi connectivity index (χ1) is 30.6. The quantitative estimate of drug-likeness (QED) is 0.0950. The Morgan fingerprint density at radius 2 is 0.906 bits per heavy atom. The number of anilines is 4. The number of pyridine rings is 2. The zero-order chi connectivity index (χ0) is 45.4. The van der Waals surface area contributed by atoms with E-state index < -0.39 is 0 Å². The summed E-state index contributed by atoms with van der Waals surface area (Å²) < 4.78 is 11.4. The molecule has 0 radical (unpaired) electrons. The van der Waals surface area contributed by atoms with Gasteiger partial charge in [0.2, 0.25) is 0 Å². The fraction of sp³-hybridized carbons (Fsp3) is 0.423. The lowest BCUT2D eigenvalue weighted by atomic mass is 9.99. The minimum Gasteiger partial charge on any atom is -0.496 e. The third kappa shape index (κ3) is 12.6. The van der Waals surface area contributed by atoms with Gasteiger partial charge in [0.1, 0.15) is 23.1 Å². The molecule has 0 amide bonds. The smallest absolute Gasteiger partial charge is 0.130 e. The average Bonchev–Trinajstić information content (AvgIpc) is 3.27. The summed E-state index contributed by atoms with van der Waals surface area (Å²) in [7, 11) is 3.45. The lowest BCUT2D eigenvalue weighted by Gasteiger charge is -2.38. The van der Waals surface area contributed by atoms with Gasteiger partial charge in [-0.2, -0.15) is 0 Å². The van der Waals surface area contributed by atoms with E-state index in [1.165, 1.54) is 11.4 Å². The topological polar surface area (TPSA) is 98.8 Å². The fourth-order valence-corrected chi connectivity index (χ4v) is 9.08. The molecule has 2 fully saturated rings. The van der Waals surface area contributed by atoms with Gasteiger partial charge in [-0.25, -0.2) is 9.97 Å². The molecule has 2 aliphatic rings. The van der Waals surface area contributed by atoms with Crippen LogP contribution in [-0.2, 0) is 13.1 Å². The van der Waals surface area contributed by atoms with E-state index in [2.05, 4.69) is 96.9 Å². The molecular weight excluding hydrogens is 840 g/mol. The molecular formula is C52H66Cl2N8O2. The monoisotopic (exact) mass is 904 g/mol. The van der Waals surface area contributed by atoms with Crippen LogP contribution in [0.2, 0.25) is 10.0 Å². The maximum Gasteiger partial charge on any atom is 0.130 e. The van der Waals surface area contributed by atoms with Crippen molar-refractivity contribution in [3.05, 3.63) is 118 Å². The van der Waals surface area contributed by atoms with Crippen molar-refractivity contribution < 1.29 is 9.47 Å². The summed E-state index contributed by atoms with van der Waals surface area (Å²) in [6.45, 7) is 18.8. The van der Waals surface area contributed by atoms with Gasteiger partial charge >= 0.3 is 0 Å². The van der Waals surface area contributed by atoms with Gasteiger partial charge in [0, 0.05) is 84.6 Å². The lowest BCUT2D eigenvalue weighted by Crippen LogP contribution is -2.49. The highest BCUT2D eigenvalue weighted by Crippen LogP contribution is 2.39. The van der Waals surface area contributed by atoms with Gasteiger partial charge in [-0.05, 0) is 127 Å². The molecule has 2 aromatic heterocycles. The highest BCUT2D eigenvalue weighted by Gasteiger charge is 2.27. The normalized spacial score (nSPS) is 15.2. The van der Waals surface area contributed by atoms with Crippen molar-refractivity contribution in [1.82, 2.24) is 20.6 Å². The molecule has 0 unspecified atom stereocenters. The predicted octanol–water partition coefficient (Wildman–Crippen LogP) is 11.7. The molecule has 4 heterocycles. The molecule has 2 aliphatic heterocycles. The molecule has 10 nitrogen and oxygen atoms in total. The number of benzene rings is 4. The van der Waals surface area contributed by atoms with Crippen LogP contribution in [0.3, 0.4) is 0 Å². The van der Waals surface area contributed by atoms with E-state index in [1.807, 2.05) is 72.8 Å². The standard InChI is InChI=1S/2C26H33ClN4O/c2*1-26(2,3)30-20-12-14-31(15-13-20)22-16-24(28-17-18-8-10-19(27)11-9-18)29-21-6-5-7-23(32-4)25(21)22/h2*5-11,16,20,30H,12-15,17H2,1-4H3,(H,28,29). The third-order valence-corrected chi connectivity index (χ3v) is 12.2. The number of aromatic nitrogens is 2. The molecule has 0 aliphatic carbocycles. The maximum atomic E-state index is 6.02. The SMILES string of the molecule is COc1cccc2nc(NCc3ccc(Cl)cc3)cc(N3CCC(NC(C)(C)C)CC3)c12.COc1cccc2nc(NCc3ccc(Cl)cc3)cc(N3CCC(NC(C)(C)C)CC3)c12. The Hall–Kier alpha value is -5.00. The number of fused-ring (bicyclic) bond motifs is 2. The molecule has 64 heavy (non-hydrogen) atoms. The van der Waals surface area contributed by atoms with Crippen molar-refractivity contribution in [2.24, 2.45) is 0 Å². The molecule has 340 valence electrons. The minimum atomic E-state index is 0.137. The van der Waals surface area contributed by atoms with Crippen LogP contribution in [0.1, 0.15) is 78.4 Å². The van der Waals surface area contributed by atoms with Crippen LogP contribution < -0.4 is 40.5 Å². The van der Waals surface area contributed by atoms with E-state index >= 15 is 0 Å². The summed E-state index contributed by atoms with van der Waals surface area (Å²) in [5.41, 5.74) is 6.84. The van der Waals surface area contributed by atoms with Gasteiger partial charge in [-0.15, -0.1) is 0 Å². The van der Waals surface area contributed by atoms with Crippen LogP contribution >= 0.6 is 23.2 Å². The Bertz CT molecular complexity index is 2280. The second-order valence-corrected chi connectivity index (χ2v) is 19.9. The first-order valence-corrected chi connectivity index (χ1v) is 23.4. The zero-order valence-electron chi connectivity index (χ0n) is 38.8. The Labute approximate surface area is 390 Å². The van der Waals surface area contributed by atoms with Crippen molar-refractivity contribution >= 4 is 68.0 Å². The molecule has 6 aromatic rings. The molecule has 12 heteroatoms. The average molecular weight is 906 g/mol. The van der Waals surface area contributed by atoms with Crippen molar-refractivity contribution in [2.45, 2.75) is 103 Å². The van der Waals surface area contributed by atoms with Gasteiger partial charge < -0.3 is 40.5 Å². The van der Waals surface area contributed by atoms with Gasteiger partial charge in [0.25, 0.3) is 0 Å². The highest BCUT2D eigenvalue weighted by molar-refractivity contribution is 6.30. The first-order valence-electron chi connectivity index (χ1n) is 22.6. The summed E-state index contributed by atoms with van der Waals surface area (Å²) in [6, 6.07) is 33.4. The Balaban J connectivity index is 0.000000191. The molecule has 0 spiro atoms. The van der Waals surface area contributed by atoms with Crippen LogP contribution in [0.5, 0.6) is 11.5 Å². The summed E-state index contributed by atoms with van der Waals surface area (Å²) in [4.78, 5) is 14.7. The second-order valence-electron chi connectivity index (χ2n) is 19.0. The van der Waals surface area contributed by atoms with Crippen molar-refractivity contribution in [2.75, 3.05) is 60.8 Å². The molecule has 2 saturated heterocycles. The van der Waals surface area contributed by atoms with Crippen LogP contribution in [-0.4, -0.2) is 73.5 Å². The Morgan fingerprint density at radius 1 is 0.547 bits per heavy atom. The van der Waals surface area contributed by atoms with Crippen LogP contribution in [0.25, 0.3) is 21.8 Å². The van der Waals surface area contributed by atoms with E-state index in [9.17, 15) is 0 Å². The molecule has 0 bridgehead atoms.